The molecule has 1 amide bonds. The van der Waals surface area contributed by atoms with Gasteiger partial charge >= 0.3 is 5.97 Å². The number of nitrogens with one attached hydrogen (secondary N) is 1. The summed E-state index contributed by atoms with van der Waals surface area (Å²) in [4.78, 5) is 23.7. The third-order valence-corrected chi connectivity index (χ3v) is 3.50. The first-order valence-electron chi connectivity index (χ1n) is 6.71. The molecule has 0 radical (unpaired) electrons. The number of ether oxygens (including phenoxy) is 1. The number of alkyl halides is 2. The van der Waals surface area contributed by atoms with Gasteiger partial charge in [-0.05, 0) is 48.5 Å². The van der Waals surface area contributed by atoms with Crippen LogP contribution in [-0.4, -0.2) is 24.2 Å². The average Bonchev–Trinajstić information content (AvgIpc) is 2.54. The highest BCUT2D eigenvalue weighted by molar-refractivity contribution is 7.99. The predicted octanol–water partition coefficient (Wildman–Crippen LogP) is 3.94. The molecule has 0 unspecified atom stereocenters. The van der Waals surface area contributed by atoms with Crippen LogP contribution in [0.5, 0.6) is 0 Å². The molecule has 0 atom stereocenters. The van der Waals surface area contributed by atoms with Gasteiger partial charge in [0.2, 0.25) is 0 Å². The van der Waals surface area contributed by atoms with Crippen molar-refractivity contribution < 1.29 is 27.5 Å². The van der Waals surface area contributed by atoms with Crippen molar-refractivity contribution in [2.24, 2.45) is 0 Å². The van der Waals surface area contributed by atoms with Crippen molar-refractivity contribution in [2.45, 2.75) is 10.7 Å². The van der Waals surface area contributed by atoms with Crippen LogP contribution in [0, 0.1) is 5.82 Å². The first-order valence-corrected chi connectivity index (χ1v) is 7.59. The highest BCUT2D eigenvalue weighted by atomic mass is 32.2. The van der Waals surface area contributed by atoms with E-state index in [4.69, 9.17) is 4.74 Å². The summed E-state index contributed by atoms with van der Waals surface area (Å²) in [6, 6.07) is 10.5. The number of anilines is 1. The van der Waals surface area contributed by atoms with Crippen LogP contribution < -0.4 is 5.32 Å². The van der Waals surface area contributed by atoms with Gasteiger partial charge in [-0.3, -0.25) is 4.79 Å². The van der Waals surface area contributed by atoms with Crippen LogP contribution in [0.4, 0.5) is 18.9 Å². The molecule has 0 heterocycles. The van der Waals surface area contributed by atoms with Gasteiger partial charge in [0, 0.05) is 10.6 Å². The van der Waals surface area contributed by atoms with E-state index in [9.17, 15) is 22.8 Å². The highest BCUT2D eigenvalue weighted by Crippen LogP contribution is 2.26. The zero-order valence-corrected chi connectivity index (χ0v) is 13.0. The molecule has 0 aromatic heterocycles. The minimum Gasteiger partial charge on any atom is -0.452 e. The first kappa shape index (κ1) is 17.9. The summed E-state index contributed by atoms with van der Waals surface area (Å²) in [6.45, 7) is -0.524. The molecule has 0 fully saturated rings. The monoisotopic (exact) mass is 355 g/mol. The van der Waals surface area contributed by atoms with Crippen LogP contribution in [0.25, 0.3) is 0 Å². The van der Waals surface area contributed by atoms with Crippen LogP contribution in [0.1, 0.15) is 10.4 Å². The van der Waals surface area contributed by atoms with Gasteiger partial charge < -0.3 is 10.1 Å². The summed E-state index contributed by atoms with van der Waals surface area (Å²) in [6.07, 6.45) is 0. The number of hydrogen-bond acceptors (Lipinski definition) is 4. The molecule has 2 rings (SSSR count). The number of amides is 1. The molecule has 0 saturated heterocycles. The number of thioether (sulfide) groups is 1. The van der Waals surface area contributed by atoms with Gasteiger partial charge in [-0.2, -0.15) is 8.78 Å². The molecule has 1 N–H and O–H groups in total. The van der Waals surface area contributed by atoms with Crippen molar-refractivity contribution in [1.29, 1.82) is 0 Å². The van der Waals surface area contributed by atoms with Crippen LogP contribution in [0.15, 0.2) is 53.4 Å². The second-order valence-corrected chi connectivity index (χ2v) is 5.60. The molecule has 0 aliphatic rings. The summed E-state index contributed by atoms with van der Waals surface area (Å²) in [5.41, 5.74) is 0.508. The zero-order valence-electron chi connectivity index (χ0n) is 12.2. The van der Waals surface area contributed by atoms with Crippen molar-refractivity contribution in [3.8, 4) is 0 Å². The van der Waals surface area contributed by atoms with E-state index in [0.717, 1.165) is 12.1 Å². The van der Waals surface area contributed by atoms with E-state index in [-0.39, 0.29) is 5.56 Å². The molecule has 0 bridgehead atoms. The fourth-order valence-corrected chi connectivity index (χ4v) is 2.22. The lowest BCUT2D eigenvalue weighted by Crippen LogP contribution is -2.20. The fraction of sp³-hybridized carbons (Fsp3) is 0.125. The van der Waals surface area contributed by atoms with E-state index in [1.807, 2.05) is 0 Å². The van der Waals surface area contributed by atoms with E-state index in [1.54, 1.807) is 0 Å². The molecule has 2 aromatic rings. The molecule has 4 nitrogen and oxygen atoms in total. The maximum Gasteiger partial charge on any atom is 0.338 e. The molecule has 0 saturated carbocycles. The Labute approximate surface area is 140 Å². The van der Waals surface area contributed by atoms with Crippen molar-refractivity contribution in [3.63, 3.8) is 0 Å². The largest absolute Gasteiger partial charge is 0.452 e. The Bertz CT molecular complexity index is 706. The number of carbonyl (C=O) groups is 2. The minimum atomic E-state index is -2.52. The summed E-state index contributed by atoms with van der Waals surface area (Å²) in [7, 11) is 0. The lowest BCUT2D eigenvalue weighted by Gasteiger charge is -2.07. The van der Waals surface area contributed by atoms with Crippen molar-refractivity contribution in [2.75, 3.05) is 11.9 Å². The predicted molar refractivity (Wildman–Crippen MR) is 83.6 cm³/mol. The lowest BCUT2D eigenvalue weighted by molar-refractivity contribution is -0.119. The van der Waals surface area contributed by atoms with Crippen LogP contribution in [-0.2, 0) is 9.53 Å². The summed E-state index contributed by atoms with van der Waals surface area (Å²) >= 11 is 0.397. The summed E-state index contributed by atoms with van der Waals surface area (Å²) < 4.78 is 41.9. The number of halogens is 3. The SMILES string of the molecule is O=C(COC(=O)c1ccc(F)cc1)Nc1ccc(SC(F)F)cc1. The Morgan fingerprint density at radius 2 is 1.67 bits per heavy atom. The molecular formula is C16H12F3NO3S. The smallest absolute Gasteiger partial charge is 0.338 e. The third kappa shape index (κ3) is 5.62. The molecular weight excluding hydrogens is 343 g/mol. The van der Waals surface area contributed by atoms with Gasteiger partial charge in [0.15, 0.2) is 6.61 Å². The van der Waals surface area contributed by atoms with Crippen molar-refractivity contribution in [3.05, 3.63) is 59.9 Å². The quantitative estimate of drug-likeness (QED) is 0.630. The standard InChI is InChI=1S/C16H12F3NO3S/c17-11-3-1-10(2-4-11)15(22)23-9-14(21)20-12-5-7-13(8-6-12)24-16(18)19/h1-8,16H,9H2,(H,20,21). The average molecular weight is 355 g/mol. The number of hydrogen-bond donors (Lipinski definition) is 1. The van der Waals surface area contributed by atoms with Crippen molar-refractivity contribution in [1.82, 2.24) is 0 Å². The second kappa shape index (κ2) is 8.39. The lowest BCUT2D eigenvalue weighted by atomic mass is 10.2. The van der Waals surface area contributed by atoms with Gasteiger partial charge in [0.25, 0.3) is 11.7 Å². The number of carbonyl (C=O) groups excluding carboxylic acids is 2. The fourth-order valence-electron chi connectivity index (χ4n) is 1.72. The number of benzene rings is 2. The Kier molecular flexibility index (Phi) is 6.25. The third-order valence-electron chi connectivity index (χ3n) is 2.78. The molecule has 0 aliphatic heterocycles. The van der Waals surface area contributed by atoms with Gasteiger partial charge in [0.05, 0.1) is 5.56 Å². The normalized spacial score (nSPS) is 10.5. The summed E-state index contributed by atoms with van der Waals surface area (Å²) in [5, 5.41) is 2.47. The van der Waals surface area contributed by atoms with Gasteiger partial charge in [-0.25, -0.2) is 9.18 Å². The highest BCUT2D eigenvalue weighted by Gasteiger charge is 2.11. The van der Waals surface area contributed by atoms with Crippen LogP contribution >= 0.6 is 11.8 Å². The summed E-state index contributed by atoms with van der Waals surface area (Å²) in [5.74, 6) is -4.34. The minimum absolute atomic E-state index is 0.123. The topological polar surface area (TPSA) is 55.4 Å². The maximum atomic E-state index is 12.7. The molecule has 2 aromatic carbocycles. The Morgan fingerprint density at radius 1 is 1.04 bits per heavy atom. The van der Waals surface area contributed by atoms with Crippen LogP contribution in [0.3, 0.4) is 0 Å². The molecule has 126 valence electrons. The van der Waals surface area contributed by atoms with Gasteiger partial charge in [0.1, 0.15) is 5.82 Å². The molecule has 0 spiro atoms. The first-order chi connectivity index (χ1) is 11.4. The number of rotatable bonds is 6. The van der Waals surface area contributed by atoms with Crippen molar-refractivity contribution >= 4 is 29.3 Å². The second-order valence-electron chi connectivity index (χ2n) is 4.53. The maximum absolute atomic E-state index is 12.7. The Hall–Kier alpha value is -2.48. The number of esters is 1. The Balaban J connectivity index is 1.82. The zero-order chi connectivity index (χ0) is 17.5. The van der Waals surface area contributed by atoms with E-state index >= 15 is 0 Å². The Morgan fingerprint density at radius 3 is 2.25 bits per heavy atom. The molecule has 24 heavy (non-hydrogen) atoms. The van der Waals surface area contributed by atoms with E-state index < -0.39 is 30.1 Å². The van der Waals surface area contributed by atoms with E-state index in [1.165, 1.54) is 36.4 Å². The van der Waals surface area contributed by atoms with E-state index in [2.05, 4.69) is 5.32 Å². The van der Waals surface area contributed by atoms with Gasteiger partial charge in [-0.1, -0.05) is 11.8 Å². The molecule has 8 heteroatoms. The molecule has 0 aliphatic carbocycles. The van der Waals surface area contributed by atoms with E-state index in [0.29, 0.717) is 22.3 Å². The van der Waals surface area contributed by atoms with Gasteiger partial charge in [-0.15, -0.1) is 0 Å². The van der Waals surface area contributed by atoms with Crippen LogP contribution in [0.2, 0.25) is 0 Å².